The van der Waals surface area contributed by atoms with Crippen LogP contribution >= 0.6 is 0 Å². The van der Waals surface area contributed by atoms with Crippen LogP contribution < -0.4 is 16.4 Å². The van der Waals surface area contributed by atoms with Gasteiger partial charge >= 0.3 is 0 Å². The van der Waals surface area contributed by atoms with Crippen LogP contribution in [-0.2, 0) is 16.0 Å². The van der Waals surface area contributed by atoms with Crippen LogP contribution in [0.15, 0.2) is 18.2 Å². The molecule has 1 aliphatic heterocycles. The van der Waals surface area contributed by atoms with E-state index in [0.717, 1.165) is 29.7 Å². The first kappa shape index (κ1) is 14.5. The molecule has 1 aliphatic rings. The first-order valence-electron chi connectivity index (χ1n) is 6.92. The molecule has 2 amide bonds. The maximum absolute atomic E-state index is 11.6. The molecule has 2 rings (SSSR count). The van der Waals surface area contributed by atoms with Crippen LogP contribution in [-0.4, -0.2) is 18.9 Å². The molecule has 5 nitrogen and oxygen atoms in total. The number of carbonyl (C=O) groups is 2. The fourth-order valence-electron chi connectivity index (χ4n) is 2.57. The molecule has 5 heteroatoms. The zero-order chi connectivity index (χ0) is 14.7. The normalized spacial score (nSPS) is 15.9. The third-order valence-electron chi connectivity index (χ3n) is 3.81. The van der Waals surface area contributed by atoms with Crippen LogP contribution in [0.25, 0.3) is 0 Å². The zero-order valence-electron chi connectivity index (χ0n) is 11.8. The van der Waals surface area contributed by atoms with E-state index in [1.165, 1.54) is 0 Å². The summed E-state index contributed by atoms with van der Waals surface area (Å²) in [5.74, 6) is -0.140. The highest BCUT2D eigenvalue weighted by Crippen LogP contribution is 2.29. The molecule has 0 radical (unpaired) electrons. The molecule has 0 spiro atoms. The molecule has 108 valence electrons. The molecule has 1 aromatic rings. The quantitative estimate of drug-likeness (QED) is 0.847. The number of hydrogen-bond donors (Lipinski definition) is 2. The molecule has 4 N–H and O–H groups in total. The third-order valence-corrected chi connectivity index (χ3v) is 3.81. The largest absolute Gasteiger partial charge is 0.370 e. The molecule has 0 fully saturated rings. The second-order valence-corrected chi connectivity index (χ2v) is 5.31. The lowest BCUT2D eigenvalue weighted by Gasteiger charge is -2.26. The van der Waals surface area contributed by atoms with E-state index >= 15 is 0 Å². The number of nitrogens with two attached hydrogens (primary N) is 2. The Bertz CT molecular complexity index is 528. The average Bonchev–Trinajstić information content (AvgIpc) is 2.42. The first-order chi connectivity index (χ1) is 9.49. The van der Waals surface area contributed by atoms with Crippen molar-refractivity contribution in [1.82, 2.24) is 0 Å². The van der Waals surface area contributed by atoms with Gasteiger partial charge < -0.3 is 16.4 Å². The maximum Gasteiger partial charge on any atom is 0.227 e. The van der Waals surface area contributed by atoms with Crippen LogP contribution in [0.5, 0.6) is 0 Å². The second kappa shape index (κ2) is 6.05. The lowest BCUT2D eigenvalue weighted by atomic mass is 9.94. The number of carbonyl (C=O) groups excluding carboxylic acids is 2. The summed E-state index contributed by atoms with van der Waals surface area (Å²) in [5.41, 5.74) is 14.4. The van der Waals surface area contributed by atoms with Gasteiger partial charge in [-0.1, -0.05) is 12.1 Å². The number of anilines is 1. The molecule has 0 saturated heterocycles. The Morgan fingerprint density at radius 3 is 2.85 bits per heavy atom. The van der Waals surface area contributed by atoms with Gasteiger partial charge in [-0.15, -0.1) is 0 Å². The van der Waals surface area contributed by atoms with Crippen molar-refractivity contribution in [2.45, 2.75) is 38.1 Å². The highest BCUT2D eigenvalue weighted by Gasteiger charge is 2.21. The summed E-state index contributed by atoms with van der Waals surface area (Å²) in [6.07, 6.45) is 3.11. The number of nitrogens with zero attached hydrogens (tertiary/aromatic N) is 1. The van der Waals surface area contributed by atoms with Gasteiger partial charge in [0.2, 0.25) is 11.8 Å². The summed E-state index contributed by atoms with van der Waals surface area (Å²) in [5, 5.41) is 0. The molecule has 0 saturated carbocycles. The number of benzene rings is 1. The Morgan fingerprint density at radius 2 is 2.15 bits per heavy atom. The summed E-state index contributed by atoms with van der Waals surface area (Å²) < 4.78 is 0. The maximum atomic E-state index is 11.6. The van der Waals surface area contributed by atoms with Gasteiger partial charge in [0.15, 0.2) is 0 Å². The Kier molecular flexibility index (Phi) is 4.39. The van der Waals surface area contributed by atoms with E-state index in [4.69, 9.17) is 11.5 Å². The van der Waals surface area contributed by atoms with Crippen LogP contribution in [0.2, 0.25) is 0 Å². The molecule has 0 aromatic heterocycles. The lowest BCUT2D eigenvalue weighted by Crippen LogP contribution is -2.31. The second-order valence-electron chi connectivity index (χ2n) is 5.31. The third kappa shape index (κ3) is 3.17. The van der Waals surface area contributed by atoms with Crippen molar-refractivity contribution >= 4 is 17.5 Å². The topological polar surface area (TPSA) is 89.4 Å². The molecular weight excluding hydrogens is 254 g/mol. The summed E-state index contributed by atoms with van der Waals surface area (Å²) in [4.78, 5) is 24.1. The number of fused-ring (bicyclic) bond motifs is 1. The van der Waals surface area contributed by atoms with Gasteiger partial charge in [-0.05, 0) is 36.5 Å². The van der Waals surface area contributed by atoms with Crippen LogP contribution in [0.1, 0.15) is 42.9 Å². The number of rotatable bonds is 5. The van der Waals surface area contributed by atoms with Gasteiger partial charge in [-0.2, -0.15) is 0 Å². The van der Waals surface area contributed by atoms with Gasteiger partial charge in [0.25, 0.3) is 0 Å². The minimum absolute atomic E-state index is 0.0948. The monoisotopic (exact) mass is 275 g/mol. The van der Waals surface area contributed by atoms with Crippen molar-refractivity contribution in [3.8, 4) is 0 Å². The standard InChI is InChI=1S/C15H21N3O2/c1-18-13-7-5-10(9-11(13)6-8-15(18)20)12(16)3-2-4-14(17)19/h5,7,9,12H,2-4,6,8,16H2,1H3,(H2,17,19). The fraction of sp³-hybridized carbons (Fsp3) is 0.467. The molecule has 0 bridgehead atoms. The summed E-state index contributed by atoms with van der Waals surface area (Å²) in [7, 11) is 1.80. The van der Waals surface area contributed by atoms with E-state index in [9.17, 15) is 9.59 Å². The highest BCUT2D eigenvalue weighted by atomic mass is 16.2. The predicted molar refractivity (Wildman–Crippen MR) is 78.1 cm³/mol. The van der Waals surface area contributed by atoms with Gasteiger partial charge in [-0.3, -0.25) is 9.59 Å². The average molecular weight is 275 g/mol. The van der Waals surface area contributed by atoms with Crippen molar-refractivity contribution in [2.75, 3.05) is 11.9 Å². The predicted octanol–water partition coefficient (Wildman–Crippen LogP) is 1.25. The van der Waals surface area contributed by atoms with E-state index in [-0.39, 0.29) is 17.9 Å². The Labute approximate surface area is 118 Å². The van der Waals surface area contributed by atoms with Gasteiger partial charge in [0, 0.05) is 31.6 Å². The zero-order valence-corrected chi connectivity index (χ0v) is 11.8. The number of primary amides is 1. The van der Waals surface area contributed by atoms with E-state index < -0.39 is 0 Å². The van der Waals surface area contributed by atoms with Gasteiger partial charge in [-0.25, -0.2) is 0 Å². The summed E-state index contributed by atoms with van der Waals surface area (Å²) in [6.45, 7) is 0. The van der Waals surface area contributed by atoms with Crippen molar-refractivity contribution in [3.63, 3.8) is 0 Å². The Morgan fingerprint density at radius 1 is 1.40 bits per heavy atom. The molecule has 20 heavy (non-hydrogen) atoms. The lowest BCUT2D eigenvalue weighted by molar-refractivity contribution is -0.119. The minimum atomic E-state index is -0.289. The molecule has 1 aromatic carbocycles. The smallest absolute Gasteiger partial charge is 0.227 e. The Balaban J connectivity index is 2.07. The van der Waals surface area contributed by atoms with Crippen molar-refractivity contribution in [2.24, 2.45) is 11.5 Å². The SMILES string of the molecule is CN1C(=O)CCc2cc(C(N)CCCC(N)=O)ccc21. The summed E-state index contributed by atoms with van der Waals surface area (Å²) >= 11 is 0. The Hall–Kier alpha value is -1.88. The molecule has 0 aliphatic carbocycles. The number of amides is 2. The molecule has 1 unspecified atom stereocenters. The fourth-order valence-corrected chi connectivity index (χ4v) is 2.57. The van der Waals surface area contributed by atoms with E-state index in [1.807, 2.05) is 12.1 Å². The van der Waals surface area contributed by atoms with Crippen molar-refractivity contribution < 1.29 is 9.59 Å². The van der Waals surface area contributed by atoms with E-state index in [0.29, 0.717) is 19.3 Å². The minimum Gasteiger partial charge on any atom is -0.370 e. The van der Waals surface area contributed by atoms with Crippen LogP contribution in [0, 0.1) is 0 Å². The van der Waals surface area contributed by atoms with Crippen molar-refractivity contribution in [3.05, 3.63) is 29.3 Å². The molecule has 1 heterocycles. The van der Waals surface area contributed by atoms with Gasteiger partial charge in [0.1, 0.15) is 0 Å². The van der Waals surface area contributed by atoms with E-state index in [1.54, 1.807) is 11.9 Å². The number of aryl methyl sites for hydroxylation is 1. The number of hydrogen-bond acceptors (Lipinski definition) is 3. The van der Waals surface area contributed by atoms with Gasteiger partial charge in [0.05, 0.1) is 0 Å². The molecule has 1 atom stereocenters. The first-order valence-corrected chi connectivity index (χ1v) is 6.92. The molecular formula is C15H21N3O2. The van der Waals surface area contributed by atoms with Crippen molar-refractivity contribution in [1.29, 1.82) is 0 Å². The van der Waals surface area contributed by atoms with Crippen LogP contribution in [0.4, 0.5) is 5.69 Å². The highest BCUT2D eigenvalue weighted by molar-refractivity contribution is 5.95. The van der Waals surface area contributed by atoms with E-state index in [2.05, 4.69) is 6.07 Å². The summed E-state index contributed by atoms with van der Waals surface area (Å²) in [6, 6.07) is 5.90. The van der Waals surface area contributed by atoms with Crippen LogP contribution in [0.3, 0.4) is 0 Å².